The average molecular weight is 444 g/mol. The molecule has 1 saturated heterocycles. The van der Waals surface area contributed by atoms with E-state index >= 15 is 0 Å². The molecule has 2 aromatic rings. The highest BCUT2D eigenvalue weighted by molar-refractivity contribution is 5.79. The number of methoxy groups -OCH3 is 1. The molecule has 1 atom stereocenters. The van der Waals surface area contributed by atoms with Gasteiger partial charge >= 0.3 is 0 Å². The van der Waals surface area contributed by atoms with Gasteiger partial charge in [-0.3, -0.25) is 4.90 Å². The molecule has 1 fully saturated rings. The van der Waals surface area contributed by atoms with Crippen LogP contribution in [0.3, 0.4) is 0 Å². The molecule has 1 aliphatic heterocycles. The SMILES string of the molecule is CCCCNC(=NCc1nnc(C)n1C)NCC(c1ccc(OC)cc1)N1CCOCC1. The van der Waals surface area contributed by atoms with E-state index in [1.807, 2.05) is 30.7 Å². The molecule has 3 rings (SSSR count). The van der Waals surface area contributed by atoms with E-state index in [1.54, 1.807) is 7.11 Å². The summed E-state index contributed by atoms with van der Waals surface area (Å²) in [6, 6.07) is 8.54. The predicted molar refractivity (Wildman–Crippen MR) is 126 cm³/mol. The highest BCUT2D eigenvalue weighted by atomic mass is 16.5. The summed E-state index contributed by atoms with van der Waals surface area (Å²) in [6.07, 6.45) is 2.22. The minimum atomic E-state index is 0.208. The van der Waals surface area contributed by atoms with E-state index in [9.17, 15) is 0 Å². The minimum absolute atomic E-state index is 0.208. The van der Waals surface area contributed by atoms with E-state index in [1.165, 1.54) is 5.56 Å². The first-order chi connectivity index (χ1) is 15.6. The van der Waals surface area contributed by atoms with Crippen molar-refractivity contribution < 1.29 is 9.47 Å². The Bertz CT molecular complexity index is 845. The summed E-state index contributed by atoms with van der Waals surface area (Å²) < 4.78 is 12.9. The van der Waals surface area contributed by atoms with Crippen LogP contribution in [0.25, 0.3) is 0 Å². The molecule has 2 heterocycles. The minimum Gasteiger partial charge on any atom is -0.497 e. The summed E-state index contributed by atoms with van der Waals surface area (Å²) >= 11 is 0. The molecule has 1 aromatic heterocycles. The Kier molecular flexibility index (Phi) is 9.30. The predicted octanol–water partition coefficient (Wildman–Crippen LogP) is 2.04. The number of rotatable bonds is 10. The topological polar surface area (TPSA) is 88.8 Å². The van der Waals surface area contributed by atoms with Crippen molar-refractivity contribution in [2.45, 2.75) is 39.3 Å². The fourth-order valence-corrected chi connectivity index (χ4v) is 3.66. The van der Waals surface area contributed by atoms with E-state index in [-0.39, 0.29) is 6.04 Å². The second kappa shape index (κ2) is 12.4. The van der Waals surface area contributed by atoms with E-state index in [2.05, 4.69) is 44.8 Å². The van der Waals surface area contributed by atoms with Crippen LogP contribution in [0.1, 0.15) is 43.0 Å². The number of nitrogens with one attached hydrogen (secondary N) is 2. The molecule has 9 nitrogen and oxygen atoms in total. The first kappa shape index (κ1) is 24.0. The van der Waals surface area contributed by atoms with Crippen LogP contribution in [0.15, 0.2) is 29.3 Å². The number of nitrogens with zero attached hydrogens (tertiary/aromatic N) is 5. The van der Waals surface area contributed by atoms with Crippen molar-refractivity contribution in [1.29, 1.82) is 0 Å². The number of aliphatic imine (C=N–C) groups is 1. The third kappa shape index (κ3) is 6.67. The van der Waals surface area contributed by atoms with Crippen molar-refractivity contribution in [3.05, 3.63) is 41.5 Å². The molecule has 0 radical (unpaired) electrons. The quantitative estimate of drug-likeness (QED) is 0.330. The van der Waals surface area contributed by atoms with Crippen molar-refractivity contribution in [2.24, 2.45) is 12.0 Å². The Balaban J connectivity index is 1.73. The molecule has 176 valence electrons. The van der Waals surface area contributed by atoms with Gasteiger partial charge in [0.25, 0.3) is 0 Å². The van der Waals surface area contributed by atoms with Gasteiger partial charge in [0.15, 0.2) is 11.8 Å². The number of aryl methyl sites for hydroxylation is 1. The Hall–Kier alpha value is -2.65. The van der Waals surface area contributed by atoms with Crippen LogP contribution in [-0.4, -0.2) is 72.1 Å². The van der Waals surface area contributed by atoms with E-state index < -0.39 is 0 Å². The van der Waals surface area contributed by atoms with Crippen LogP contribution in [0.2, 0.25) is 0 Å². The Morgan fingerprint density at radius 3 is 2.56 bits per heavy atom. The lowest BCUT2D eigenvalue weighted by Crippen LogP contribution is -2.46. The highest BCUT2D eigenvalue weighted by Crippen LogP contribution is 2.23. The lowest BCUT2D eigenvalue weighted by atomic mass is 10.0. The van der Waals surface area contributed by atoms with Gasteiger partial charge in [-0.2, -0.15) is 0 Å². The average Bonchev–Trinajstić information content (AvgIpc) is 3.15. The van der Waals surface area contributed by atoms with Gasteiger partial charge in [-0.15, -0.1) is 10.2 Å². The molecule has 1 aliphatic rings. The van der Waals surface area contributed by atoms with Gasteiger partial charge in [0.2, 0.25) is 0 Å². The molecule has 0 amide bonds. The van der Waals surface area contributed by atoms with Crippen LogP contribution in [0.4, 0.5) is 0 Å². The van der Waals surface area contributed by atoms with Crippen LogP contribution in [-0.2, 0) is 18.3 Å². The summed E-state index contributed by atoms with van der Waals surface area (Å²) in [5.74, 6) is 3.39. The lowest BCUT2D eigenvalue weighted by Gasteiger charge is -2.35. The summed E-state index contributed by atoms with van der Waals surface area (Å²) in [5.41, 5.74) is 1.25. The van der Waals surface area contributed by atoms with Crippen molar-refractivity contribution in [2.75, 3.05) is 46.5 Å². The summed E-state index contributed by atoms with van der Waals surface area (Å²) in [5, 5.41) is 15.4. The second-order valence-corrected chi connectivity index (χ2v) is 7.99. The fourth-order valence-electron chi connectivity index (χ4n) is 3.66. The first-order valence-corrected chi connectivity index (χ1v) is 11.4. The number of hydrogen-bond donors (Lipinski definition) is 2. The zero-order valence-corrected chi connectivity index (χ0v) is 19.8. The molecule has 0 spiro atoms. The summed E-state index contributed by atoms with van der Waals surface area (Å²) in [7, 11) is 3.66. The maximum absolute atomic E-state index is 5.58. The molecule has 9 heteroatoms. The maximum Gasteiger partial charge on any atom is 0.191 e. The fraction of sp³-hybridized carbons (Fsp3) is 0.609. The van der Waals surface area contributed by atoms with Crippen LogP contribution in [0.5, 0.6) is 5.75 Å². The van der Waals surface area contributed by atoms with Crippen molar-refractivity contribution >= 4 is 5.96 Å². The second-order valence-electron chi connectivity index (χ2n) is 7.99. The number of ether oxygens (including phenoxy) is 2. The van der Waals surface area contributed by atoms with Gasteiger partial charge in [-0.1, -0.05) is 25.5 Å². The van der Waals surface area contributed by atoms with E-state index in [4.69, 9.17) is 14.5 Å². The number of aromatic nitrogens is 3. The van der Waals surface area contributed by atoms with E-state index in [0.717, 1.165) is 75.6 Å². The number of guanidine groups is 1. The van der Waals surface area contributed by atoms with E-state index in [0.29, 0.717) is 6.54 Å². The van der Waals surface area contributed by atoms with Crippen molar-refractivity contribution in [3.8, 4) is 5.75 Å². The summed E-state index contributed by atoms with van der Waals surface area (Å²) in [4.78, 5) is 7.25. The standard InChI is InChI=1S/C23H37N7O2/c1-5-6-11-24-23(26-17-22-28-27-18(2)29(22)3)25-16-21(30-12-14-32-15-13-30)19-7-9-20(31-4)10-8-19/h7-10,21H,5-6,11-17H2,1-4H3,(H2,24,25,26). The Morgan fingerprint density at radius 1 is 1.19 bits per heavy atom. The molecule has 2 N–H and O–H groups in total. The zero-order chi connectivity index (χ0) is 22.8. The van der Waals surface area contributed by atoms with Crippen LogP contribution < -0.4 is 15.4 Å². The largest absolute Gasteiger partial charge is 0.497 e. The molecule has 32 heavy (non-hydrogen) atoms. The van der Waals surface area contributed by atoms with Crippen LogP contribution in [0, 0.1) is 6.92 Å². The van der Waals surface area contributed by atoms with Crippen molar-refractivity contribution in [1.82, 2.24) is 30.3 Å². The highest BCUT2D eigenvalue weighted by Gasteiger charge is 2.23. The smallest absolute Gasteiger partial charge is 0.191 e. The number of morpholine rings is 1. The third-order valence-electron chi connectivity index (χ3n) is 5.83. The number of hydrogen-bond acceptors (Lipinski definition) is 6. The number of benzene rings is 1. The van der Waals surface area contributed by atoms with Gasteiger partial charge in [0.1, 0.15) is 18.1 Å². The van der Waals surface area contributed by atoms with Gasteiger partial charge in [-0.05, 0) is 31.0 Å². The molecule has 1 unspecified atom stereocenters. The van der Waals surface area contributed by atoms with Crippen molar-refractivity contribution in [3.63, 3.8) is 0 Å². The first-order valence-electron chi connectivity index (χ1n) is 11.4. The molecule has 0 aliphatic carbocycles. The third-order valence-corrected chi connectivity index (χ3v) is 5.83. The molecule has 0 saturated carbocycles. The molecule has 0 bridgehead atoms. The lowest BCUT2D eigenvalue weighted by molar-refractivity contribution is 0.0170. The Labute approximate surface area is 191 Å². The van der Waals surface area contributed by atoms with Gasteiger partial charge in [-0.25, -0.2) is 4.99 Å². The summed E-state index contributed by atoms with van der Waals surface area (Å²) in [6.45, 7) is 9.56. The zero-order valence-electron chi connectivity index (χ0n) is 19.8. The number of unbranched alkanes of at least 4 members (excludes halogenated alkanes) is 1. The molecular weight excluding hydrogens is 406 g/mol. The maximum atomic E-state index is 5.58. The van der Waals surface area contributed by atoms with Gasteiger partial charge in [0, 0.05) is 33.2 Å². The van der Waals surface area contributed by atoms with Crippen LogP contribution >= 0.6 is 0 Å². The van der Waals surface area contributed by atoms with Gasteiger partial charge in [0.05, 0.1) is 26.4 Å². The van der Waals surface area contributed by atoms with Gasteiger partial charge < -0.3 is 24.7 Å². The molecular formula is C23H37N7O2. The molecule has 1 aromatic carbocycles. The Morgan fingerprint density at radius 2 is 1.94 bits per heavy atom. The monoisotopic (exact) mass is 443 g/mol. The normalized spacial score (nSPS) is 16.1.